The molecule has 11 rings (SSSR count). The Labute approximate surface area is 522 Å². The summed E-state index contributed by atoms with van der Waals surface area (Å²) < 4.78 is 133. The minimum atomic E-state index is -4.51. The molecule has 488 valence electrons. The zero-order valence-corrected chi connectivity index (χ0v) is 51.6. The lowest BCUT2D eigenvalue weighted by Gasteiger charge is -2.36. The van der Waals surface area contributed by atoms with Gasteiger partial charge in [-0.05, 0) is 164 Å². The van der Waals surface area contributed by atoms with Crippen molar-refractivity contribution in [2.75, 3.05) is 64.9 Å². The summed E-state index contributed by atoms with van der Waals surface area (Å²) in [7, 11) is 0. The molecule has 0 saturated carbocycles. The predicted octanol–water partition coefficient (Wildman–Crippen LogP) is 13.7. The molecule has 0 bridgehead atoms. The van der Waals surface area contributed by atoms with Crippen molar-refractivity contribution in [1.82, 2.24) is 29.9 Å². The van der Waals surface area contributed by atoms with Crippen LogP contribution < -0.4 is 48.6 Å². The lowest BCUT2D eigenvalue weighted by Crippen LogP contribution is -2.39. The minimum absolute atomic E-state index is 0.0182. The van der Waals surface area contributed by atoms with Gasteiger partial charge in [0.05, 0.1) is 16.7 Å². The molecule has 0 atom stereocenters. The summed E-state index contributed by atoms with van der Waals surface area (Å²) in [5, 5.41) is 15.2. The molecule has 0 radical (unpaired) electrons. The monoisotopic (exact) mass is 1280 g/mol. The second-order valence-corrected chi connectivity index (χ2v) is 22.9. The van der Waals surface area contributed by atoms with Gasteiger partial charge >= 0.3 is 18.5 Å². The van der Waals surface area contributed by atoms with Crippen molar-refractivity contribution in [2.24, 2.45) is 0 Å². The van der Waals surface area contributed by atoms with E-state index >= 15 is 0 Å². The van der Waals surface area contributed by atoms with Gasteiger partial charge in [0.2, 0.25) is 0 Å². The molecule has 6 aromatic heterocycles. The molecule has 2 fully saturated rings. The molecule has 26 heteroatoms. The topological polar surface area (TPSA) is 233 Å². The van der Waals surface area contributed by atoms with Gasteiger partial charge in [0.15, 0.2) is 0 Å². The zero-order chi connectivity index (χ0) is 66.4. The van der Waals surface area contributed by atoms with Gasteiger partial charge in [0, 0.05) is 166 Å². The van der Waals surface area contributed by atoms with Gasteiger partial charge < -0.3 is 56.3 Å². The Bertz CT molecular complexity index is 4330. The SMILES string of the molecule is CCN(c1cc(C(F)(F)F)cc2c(NCc3c(C)cc(C)[nH]c3=O)nccc12)C1CCOCC1.Cc1cc(C)c(CNc2nccc3c(N)cc(C(F)(F)F)cc23)c(=O)[nH]1.Cc1cc(C)c(CNc2nccc3c(NC4CCOCC4)cc(C(F)(F)F)cc23)c(=O)[nH]1. The molecule has 2 aliphatic heterocycles. The zero-order valence-electron chi connectivity index (χ0n) is 51.6. The number of alkyl halides is 9. The van der Waals surface area contributed by atoms with Crippen molar-refractivity contribution in [2.45, 2.75) is 124 Å². The van der Waals surface area contributed by atoms with Crippen molar-refractivity contribution < 1.29 is 49.0 Å². The number of halogens is 9. The fourth-order valence-corrected chi connectivity index (χ4v) is 11.6. The van der Waals surface area contributed by atoms with Crippen LogP contribution in [-0.4, -0.2) is 75.0 Å². The van der Waals surface area contributed by atoms with E-state index in [0.717, 1.165) is 89.8 Å². The number of fused-ring (bicyclic) bond motifs is 3. The van der Waals surface area contributed by atoms with Crippen LogP contribution in [0.2, 0.25) is 0 Å². The summed E-state index contributed by atoms with van der Waals surface area (Å²) >= 11 is 0. The van der Waals surface area contributed by atoms with Crippen LogP contribution in [0.3, 0.4) is 0 Å². The first-order valence-electron chi connectivity index (χ1n) is 29.8. The fourth-order valence-electron chi connectivity index (χ4n) is 11.6. The summed E-state index contributed by atoms with van der Waals surface area (Å²) in [5.74, 6) is 0.843. The number of hydrogen-bond donors (Lipinski definition) is 8. The smallest absolute Gasteiger partial charge is 0.398 e. The number of aryl methyl sites for hydroxylation is 6. The first-order chi connectivity index (χ1) is 43.6. The first kappa shape index (κ1) is 67.2. The molecule has 17 nitrogen and oxygen atoms in total. The van der Waals surface area contributed by atoms with Crippen molar-refractivity contribution in [3.05, 3.63) is 190 Å². The van der Waals surface area contributed by atoms with E-state index in [-0.39, 0.29) is 65.3 Å². The molecule has 9 N–H and O–H groups in total. The summed E-state index contributed by atoms with van der Waals surface area (Å²) in [6.07, 6.45) is -5.94. The summed E-state index contributed by atoms with van der Waals surface area (Å²) in [6, 6.07) is 17.2. The second kappa shape index (κ2) is 28.1. The molecule has 2 aliphatic rings. The Kier molecular flexibility index (Phi) is 20.6. The van der Waals surface area contributed by atoms with Crippen LogP contribution >= 0.6 is 0 Å². The van der Waals surface area contributed by atoms with E-state index in [1.54, 1.807) is 58.3 Å². The highest BCUT2D eigenvalue weighted by Gasteiger charge is 2.35. The Morgan fingerprint density at radius 3 is 1.28 bits per heavy atom. The second-order valence-electron chi connectivity index (χ2n) is 22.9. The quantitative estimate of drug-likeness (QED) is 0.0374. The molecular weight excluding hydrogens is 1210 g/mol. The number of nitrogens with zero attached hydrogens (tertiary/aromatic N) is 4. The molecule has 0 spiro atoms. The number of nitrogens with two attached hydrogens (primary N) is 1. The lowest BCUT2D eigenvalue weighted by atomic mass is 10.0. The number of H-pyrrole nitrogens is 3. The molecule has 3 aromatic carbocycles. The van der Waals surface area contributed by atoms with E-state index < -0.39 is 35.2 Å². The third kappa shape index (κ3) is 15.9. The number of benzene rings is 3. The molecule has 92 heavy (non-hydrogen) atoms. The minimum Gasteiger partial charge on any atom is -0.398 e. The maximum atomic E-state index is 13.9. The van der Waals surface area contributed by atoms with Crippen molar-refractivity contribution in [3.8, 4) is 0 Å². The van der Waals surface area contributed by atoms with Crippen LogP contribution in [0, 0.1) is 41.5 Å². The number of aromatic amines is 3. The highest BCUT2D eigenvalue weighted by Crippen LogP contribution is 2.42. The lowest BCUT2D eigenvalue weighted by molar-refractivity contribution is -0.138. The van der Waals surface area contributed by atoms with Crippen LogP contribution in [0.4, 0.5) is 74.0 Å². The Morgan fingerprint density at radius 2 is 0.870 bits per heavy atom. The number of aromatic nitrogens is 6. The van der Waals surface area contributed by atoms with E-state index in [4.69, 9.17) is 15.2 Å². The average Bonchev–Trinajstić information content (AvgIpc) is 0.787. The van der Waals surface area contributed by atoms with Gasteiger partial charge in [-0.2, -0.15) is 39.5 Å². The largest absolute Gasteiger partial charge is 0.416 e. The summed E-state index contributed by atoms with van der Waals surface area (Å²) in [4.78, 5) is 59.8. The van der Waals surface area contributed by atoms with Gasteiger partial charge in [0.1, 0.15) is 17.5 Å². The molecule has 0 amide bonds. The Hall–Kier alpha value is -9.17. The third-order valence-electron chi connectivity index (χ3n) is 16.3. The molecule has 0 aliphatic carbocycles. The van der Waals surface area contributed by atoms with E-state index in [0.29, 0.717) is 99.6 Å². The number of anilines is 6. The van der Waals surface area contributed by atoms with Crippen molar-refractivity contribution in [3.63, 3.8) is 0 Å². The predicted molar refractivity (Wildman–Crippen MR) is 341 cm³/mol. The highest BCUT2D eigenvalue weighted by molar-refractivity contribution is 6.02. The van der Waals surface area contributed by atoms with Crippen LogP contribution in [0.25, 0.3) is 32.3 Å². The number of nitrogen functional groups attached to an aromatic ring is 1. The fraction of sp³-hybridized carbons (Fsp3) is 0.364. The third-order valence-corrected chi connectivity index (χ3v) is 16.3. The van der Waals surface area contributed by atoms with E-state index in [1.807, 2.05) is 43.9 Å². The average molecular weight is 1280 g/mol. The van der Waals surface area contributed by atoms with E-state index in [1.165, 1.54) is 12.3 Å². The van der Waals surface area contributed by atoms with Crippen molar-refractivity contribution >= 4 is 66.8 Å². The number of rotatable bonds is 14. The van der Waals surface area contributed by atoms with Gasteiger partial charge in [-0.15, -0.1) is 0 Å². The number of nitrogens with one attached hydrogen (secondary N) is 7. The maximum absolute atomic E-state index is 13.9. The Balaban J connectivity index is 0.000000165. The van der Waals surface area contributed by atoms with Gasteiger partial charge in [-0.1, -0.05) is 0 Å². The standard InChI is InChI=1S/C25H29F3N4O2.C23H25F3N4O2.C18H17F3N4O/c1-4-32(18-6-9-34-10-7-18)22-13-17(25(26,27)28)12-20-19(22)5-8-29-23(20)30-14-21-15(2)11-16(3)31-24(21)33;1-13-9-14(2)29-22(31)19(13)12-28-21-18-10-15(23(24,25)26)11-20(17(18)3-6-27-21)30-16-4-7-32-8-5-16;1-9-5-10(2)25-17(26)14(9)8-24-16-13-6-11(18(19,20)21)7-15(22)12(13)3-4-23-16/h5,8,11-13,18H,4,6-7,9-10,14H2,1-3H3,(H,29,30)(H,31,33);3,6,9-11,16,30H,4-5,7-8,12H2,1-2H3,(H,27,28)(H,29,31);3-7H,8,22H2,1-2H3,(H,23,24)(H,25,26). The number of ether oxygens (including phenoxy) is 2. The van der Waals surface area contributed by atoms with Gasteiger partial charge in [-0.25, -0.2) is 15.0 Å². The molecule has 8 heterocycles. The first-order valence-corrected chi connectivity index (χ1v) is 29.8. The maximum Gasteiger partial charge on any atom is 0.416 e. The molecule has 9 aromatic rings. The summed E-state index contributed by atoms with van der Waals surface area (Å²) in [5.41, 5.74) is 9.91. The molecule has 2 saturated heterocycles. The van der Waals surface area contributed by atoms with Crippen LogP contribution in [-0.2, 0) is 47.6 Å². The molecule has 0 unspecified atom stereocenters. The van der Waals surface area contributed by atoms with Crippen LogP contribution in [0.15, 0.2) is 106 Å². The Morgan fingerprint density at radius 1 is 0.500 bits per heavy atom. The van der Waals surface area contributed by atoms with E-state index in [2.05, 4.69) is 51.2 Å². The number of hydrogen-bond acceptors (Lipinski definition) is 14. The van der Waals surface area contributed by atoms with Crippen molar-refractivity contribution in [1.29, 1.82) is 0 Å². The summed E-state index contributed by atoms with van der Waals surface area (Å²) in [6.45, 7) is 16.1. The molecular formula is C66H71F9N12O5. The highest BCUT2D eigenvalue weighted by atomic mass is 19.4. The van der Waals surface area contributed by atoms with Crippen LogP contribution in [0.1, 0.15) is 99.8 Å². The number of pyridine rings is 6. The van der Waals surface area contributed by atoms with Gasteiger partial charge in [0.25, 0.3) is 16.7 Å². The van der Waals surface area contributed by atoms with Gasteiger partial charge in [-0.3, -0.25) is 14.4 Å². The van der Waals surface area contributed by atoms with Crippen LogP contribution in [0.5, 0.6) is 0 Å². The normalized spacial score (nSPS) is 14.1. The van der Waals surface area contributed by atoms with E-state index in [9.17, 15) is 53.9 Å².